The molecule has 1 atom stereocenters. The SMILES string of the molecule is Cc1cccc2cc([C@H](c3nnnn3Cc3ccccc3)N3CCN(c4ccccc4F)CC3)c(=O)[nH]c12. The number of hydrogen-bond acceptors (Lipinski definition) is 6. The Kier molecular flexibility index (Phi) is 6.43. The lowest BCUT2D eigenvalue weighted by Gasteiger charge is -2.39. The average Bonchev–Trinajstić information content (AvgIpc) is 3.38. The molecule has 0 radical (unpaired) electrons. The van der Waals surface area contributed by atoms with Gasteiger partial charge in [-0.2, -0.15) is 0 Å². The zero-order valence-electron chi connectivity index (χ0n) is 21.1. The van der Waals surface area contributed by atoms with Crippen LogP contribution in [0.15, 0.2) is 83.7 Å². The number of aromatic nitrogens is 5. The third-order valence-corrected chi connectivity index (χ3v) is 7.26. The first kappa shape index (κ1) is 24.0. The molecule has 3 heterocycles. The molecule has 1 aliphatic heterocycles. The molecule has 9 heteroatoms. The number of H-pyrrole nitrogens is 1. The van der Waals surface area contributed by atoms with Crippen LogP contribution in [-0.2, 0) is 6.54 Å². The maximum atomic E-state index is 14.5. The van der Waals surface area contributed by atoms with Gasteiger partial charge in [-0.05, 0) is 52.1 Å². The molecule has 192 valence electrons. The minimum atomic E-state index is -0.467. The molecule has 0 aliphatic carbocycles. The minimum Gasteiger partial charge on any atom is -0.367 e. The first-order valence-corrected chi connectivity index (χ1v) is 12.7. The van der Waals surface area contributed by atoms with Crippen LogP contribution in [0.5, 0.6) is 0 Å². The van der Waals surface area contributed by atoms with Gasteiger partial charge in [-0.3, -0.25) is 9.69 Å². The number of halogens is 1. The summed E-state index contributed by atoms with van der Waals surface area (Å²) >= 11 is 0. The Morgan fingerprint density at radius 1 is 0.947 bits per heavy atom. The Balaban J connectivity index is 1.40. The van der Waals surface area contributed by atoms with Crippen LogP contribution in [0.25, 0.3) is 10.9 Å². The van der Waals surface area contributed by atoms with Gasteiger partial charge in [0.1, 0.15) is 11.9 Å². The number of benzene rings is 3. The predicted molar refractivity (Wildman–Crippen MR) is 145 cm³/mol. The number of fused-ring (bicyclic) bond motifs is 1. The monoisotopic (exact) mass is 509 g/mol. The van der Waals surface area contributed by atoms with Crippen molar-refractivity contribution >= 4 is 16.6 Å². The van der Waals surface area contributed by atoms with E-state index in [0.717, 1.165) is 22.0 Å². The van der Waals surface area contributed by atoms with E-state index < -0.39 is 6.04 Å². The zero-order chi connectivity index (χ0) is 26.1. The van der Waals surface area contributed by atoms with Crippen LogP contribution >= 0.6 is 0 Å². The molecule has 2 aromatic heterocycles. The summed E-state index contributed by atoms with van der Waals surface area (Å²) in [7, 11) is 0. The minimum absolute atomic E-state index is 0.164. The van der Waals surface area contributed by atoms with Gasteiger partial charge in [-0.1, -0.05) is 60.7 Å². The van der Waals surface area contributed by atoms with E-state index in [1.165, 1.54) is 6.07 Å². The summed E-state index contributed by atoms with van der Waals surface area (Å²) in [6.45, 7) is 4.92. The molecule has 0 spiro atoms. The molecule has 1 aliphatic rings. The third kappa shape index (κ3) is 4.56. The lowest BCUT2D eigenvalue weighted by Crippen LogP contribution is -2.49. The average molecular weight is 510 g/mol. The van der Waals surface area contributed by atoms with Crippen LogP contribution in [0.1, 0.15) is 28.6 Å². The van der Waals surface area contributed by atoms with Gasteiger partial charge < -0.3 is 9.88 Å². The highest BCUT2D eigenvalue weighted by Crippen LogP contribution is 2.30. The van der Waals surface area contributed by atoms with Crippen LogP contribution < -0.4 is 10.5 Å². The van der Waals surface area contributed by atoms with Gasteiger partial charge in [-0.15, -0.1) is 5.10 Å². The van der Waals surface area contributed by atoms with E-state index in [2.05, 4.69) is 25.4 Å². The van der Waals surface area contributed by atoms with Crippen molar-refractivity contribution in [1.82, 2.24) is 30.1 Å². The zero-order valence-corrected chi connectivity index (χ0v) is 21.1. The summed E-state index contributed by atoms with van der Waals surface area (Å²) in [6.07, 6.45) is 0. The first-order valence-electron chi connectivity index (χ1n) is 12.7. The number of nitrogens with one attached hydrogen (secondary N) is 1. The van der Waals surface area contributed by atoms with E-state index in [-0.39, 0.29) is 11.4 Å². The van der Waals surface area contributed by atoms with Crippen molar-refractivity contribution < 1.29 is 4.39 Å². The highest BCUT2D eigenvalue weighted by Gasteiger charge is 2.33. The van der Waals surface area contributed by atoms with Crippen molar-refractivity contribution in [2.75, 3.05) is 31.1 Å². The highest BCUT2D eigenvalue weighted by molar-refractivity contribution is 5.82. The molecule has 6 rings (SSSR count). The molecule has 0 bridgehead atoms. The topological polar surface area (TPSA) is 82.9 Å². The fourth-order valence-electron chi connectivity index (χ4n) is 5.31. The van der Waals surface area contributed by atoms with Gasteiger partial charge in [0.2, 0.25) is 0 Å². The summed E-state index contributed by atoms with van der Waals surface area (Å²) in [6, 6.07) is 24.3. The van der Waals surface area contributed by atoms with Gasteiger partial charge in [0, 0.05) is 31.7 Å². The molecule has 8 nitrogen and oxygen atoms in total. The summed E-state index contributed by atoms with van der Waals surface area (Å²) < 4.78 is 16.2. The number of hydrogen-bond donors (Lipinski definition) is 1. The fourth-order valence-corrected chi connectivity index (χ4v) is 5.31. The Morgan fingerprint density at radius 3 is 2.50 bits per heavy atom. The van der Waals surface area contributed by atoms with E-state index in [4.69, 9.17) is 0 Å². The largest absolute Gasteiger partial charge is 0.367 e. The standard InChI is InChI=1S/C29H28FN7O/c1-20-8-7-11-22-18-23(29(38)31-26(20)22)27(28-32-33-34-37(28)19-21-9-3-2-4-10-21)36-16-14-35(15-17-36)25-13-6-5-12-24(25)30/h2-13,18,27H,14-17,19H2,1H3,(H,31,38)/t27-/m1/s1. The number of anilines is 1. The summed E-state index contributed by atoms with van der Waals surface area (Å²) in [5.74, 6) is 0.372. The molecule has 0 unspecified atom stereocenters. The molecular weight excluding hydrogens is 481 g/mol. The van der Waals surface area contributed by atoms with Crippen LogP contribution in [0, 0.1) is 12.7 Å². The van der Waals surface area contributed by atoms with E-state index >= 15 is 0 Å². The molecule has 38 heavy (non-hydrogen) atoms. The Morgan fingerprint density at radius 2 is 1.71 bits per heavy atom. The second-order valence-corrected chi connectivity index (χ2v) is 9.65. The van der Waals surface area contributed by atoms with Crippen molar-refractivity contribution in [3.8, 4) is 0 Å². The quantitative estimate of drug-likeness (QED) is 0.374. The summed E-state index contributed by atoms with van der Waals surface area (Å²) in [5.41, 5.74) is 3.92. The normalized spacial score (nSPS) is 15.2. The lowest BCUT2D eigenvalue weighted by atomic mass is 10.0. The highest BCUT2D eigenvalue weighted by atomic mass is 19.1. The summed E-state index contributed by atoms with van der Waals surface area (Å²) in [5, 5.41) is 13.7. The molecule has 0 saturated carbocycles. The van der Waals surface area contributed by atoms with Gasteiger partial charge >= 0.3 is 0 Å². The fraction of sp³-hybridized carbons (Fsp3) is 0.241. The van der Waals surface area contributed by atoms with Crippen LogP contribution in [-0.4, -0.2) is 56.3 Å². The van der Waals surface area contributed by atoms with Crippen molar-refractivity contribution in [3.63, 3.8) is 0 Å². The summed E-state index contributed by atoms with van der Waals surface area (Å²) in [4.78, 5) is 20.9. The maximum absolute atomic E-state index is 14.5. The van der Waals surface area contributed by atoms with Gasteiger partial charge in [0.25, 0.3) is 5.56 Å². The van der Waals surface area contributed by atoms with Crippen molar-refractivity contribution in [2.45, 2.75) is 19.5 Å². The molecule has 5 aromatic rings. The number of nitrogens with zero attached hydrogens (tertiary/aromatic N) is 6. The molecule has 3 aromatic carbocycles. The number of pyridine rings is 1. The van der Waals surface area contributed by atoms with Crippen molar-refractivity contribution in [3.05, 3.63) is 118 Å². The number of rotatable bonds is 6. The van der Waals surface area contributed by atoms with Gasteiger partial charge in [-0.25, -0.2) is 9.07 Å². The van der Waals surface area contributed by atoms with Crippen molar-refractivity contribution in [1.29, 1.82) is 0 Å². The smallest absolute Gasteiger partial charge is 0.253 e. The van der Waals surface area contributed by atoms with Crippen LogP contribution in [0.2, 0.25) is 0 Å². The predicted octanol–water partition coefficient (Wildman–Crippen LogP) is 3.92. The maximum Gasteiger partial charge on any atom is 0.253 e. The van der Waals surface area contributed by atoms with E-state index in [1.54, 1.807) is 16.8 Å². The van der Waals surface area contributed by atoms with E-state index in [1.807, 2.05) is 72.5 Å². The Bertz CT molecular complexity index is 1620. The first-order chi connectivity index (χ1) is 18.6. The molecule has 1 fully saturated rings. The second-order valence-electron chi connectivity index (χ2n) is 9.65. The van der Waals surface area contributed by atoms with Crippen molar-refractivity contribution in [2.24, 2.45) is 0 Å². The Labute approximate surface area is 219 Å². The molecule has 1 N–H and O–H groups in total. The third-order valence-electron chi connectivity index (χ3n) is 7.26. The Hall–Kier alpha value is -4.37. The number of aromatic amines is 1. The van der Waals surface area contributed by atoms with E-state index in [9.17, 15) is 9.18 Å². The number of aryl methyl sites for hydroxylation is 1. The lowest BCUT2D eigenvalue weighted by molar-refractivity contribution is 0.200. The number of para-hydroxylation sites is 2. The number of tetrazole rings is 1. The molecular formula is C29H28FN7O. The van der Waals surface area contributed by atoms with Gasteiger partial charge in [0.15, 0.2) is 5.82 Å². The van der Waals surface area contributed by atoms with Crippen LogP contribution in [0.4, 0.5) is 10.1 Å². The second kappa shape index (κ2) is 10.2. The van der Waals surface area contributed by atoms with E-state index in [0.29, 0.717) is 49.8 Å². The van der Waals surface area contributed by atoms with Crippen LogP contribution in [0.3, 0.4) is 0 Å². The molecule has 0 amide bonds. The molecule has 1 saturated heterocycles. The van der Waals surface area contributed by atoms with Gasteiger partial charge in [0.05, 0.1) is 17.7 Å². The number of piperazine rings is 1.